The third-order valence-corrected chi connectivity index (χ3v) is 6.48. The van der Waals surface area contributed by atoms with Gasteiger partial charge in [0.2, 0.25) is 0 Å². The van der Waals surface area contributed by atoms with Gasteiger partial charge >= 0.3 is 17.6 Å². The number of fused-ring (bicyclic) bond motifs is 1. The van der Waals surface area contributed by atoms with Crippen LogP contribution in [-0.4, -0.2) is 37.9 Å². The average molecular weight is 461 g/mol. The van der Waals surface area contributed by atoms with Crippen molar-refractivity contribution in [3.8, 4) is 5.75 Å². The van der Waals surface area contributed by atoms with Crippen LogP contribution < -0.4 is 11.2 Å². The number of hydrogen-bond acceptors (Lipinski definition) is 7. The van der Waals surface area contributed by atoms with Gasteiger partial charge in [-0.25, -0.2) is 9.59 Å². The number of aromatic hydroxyl groups is 1. The first kappa shape index (κ1) is 23.3. The van der Waals surface area contributed by atoms with Crippen LogP contribution in [0.2, 0.25) is 0 Å². The van der Waals surface area contributed by atoms with Crippen LogP contribution in [0, 0.1) is 5.92 Å². The molecule has 2 aromatic heterocycles. The van der Waals surface area contributed by atoms with E-state index in [0.29, 0.717) is 17.5 Å². The van der Waals surface area contributed by atoms with Gasteiger partial charge in [-0.3, -0.25) is 18.7 Å². The third kappa shape index (κ3) is 4.31. The van der Waals surface area contributed by atoms with Gasteiger partial charge < -0.3 is 14.9 Å². The molecule has 0 aliphatic rings. The van der Waals surface area contributed by atoms with Crippen LogP contribution in [0.15, 0.2) is 33.9 Å². The summed E-state index contributed by atoms with van der Waals surface area (Å²) in [5, 5.41) is 19.6. The molecule has 0 spiro atoms. The Labute approximate surface area is 187 Å². The number of benzene rings is 1. The van der Waals surface area contributed by atoms with Crippen LogP contribution in [0.5, 0.6) is 5.75 Å². The van der Waals surface area contributed by atoms with Crippen LogP contribution in [0.3, 0.4) is 0 Å². The Bertz CT molecular complexity index is 1300. The highest BCUT2D eigenvalue weighted by atomic mass is 32.1. The first-order chi connectivity index (χ1) is 15.2. The van der Waals surface area contributed by atoms with Gasteiger partial charge in [-0.2, -0.15) is 0 Å². The van der Waals surface area contributed by atoms with Gasteiger partial charge in [0.25, 0.3) is 5.56 Å². The molecule has 0 radical (unpaired) electrons. The number of nitrogens with zero attached hydrogens (tertiary/aromatic N) is 2. The number of hydrogen-bond donors (Lipinski definition) is 2. The predicted molar refractivity (Wildman–Crippen MR) is 120 cm³/mol. The second-order valence-electron chi connectivity index (χ2n) is 7.44. The minimum absolute atomic E-state index is 0.102. The molecule has 0 aliphatic heterocycles. The number of aliphatic carboxylic acids is 1. The Morgan fingerprint density at radius 1 is 1.19 bits per heavy atom. The third-order valence-electron chi connectivity index (χ3n) is 5.24. The van der Waals surface area contributed by atoms with Crippen molar-refractivity contribution >= 4 is 33.5 Å². The largest absolute Gasteiger partial charge is 0.508 e. The summed E-state index contributed by atoms with van der Waals surface area (Å²) in [6, 6.07) is 6.77. The Morgan fingerprint density at radius 3 is 2.50 bits per heavy atom. The number of carboxylic acid groups (broad SMARTS) is 1. The van der Waals surface area contributed by atoms with Crippen molar-refractivity contribution in [1.82, 2.24) is 9.13 Å². The van der Waals surface area contributed by atoms with E-state index >= 15 is 0 Å². The van der Waals surface area contributed by atoms with Gasteiger partial charge in [0.1, 0.15) is 15.5 Å². The zero-order valence-corrected chi connectivity index (χ0v) is 18.8. The molecule has 32 heavy (non-hydrogen) atoms. The van der Waals surface area contributed by atoms with E-state index in [-0.39, 0.29) is 40.4 Å². The molecule has 0 amide bonds. The molecule has 1 atom stereocenters. The molecule has 1 unspecified atom stereocenters. The lowest BCUT2D eigenvalue weighted by atomic mass is 10.0. The van der Waals surface area contributed by atoms with Crippen LogP contribution in [0.4, 0.5) is 0 Å². The number of carbonyl (C=O) groups excluding carboxylic acids is 1. The minimum atomic E-state index is -1.08. The average Bonchev–Trinajstić information content (AvgIpc) is 3.14. The lowest BCUT2D eigenvalue weighted by molar-refractivity contribution is -0.141. The molecular weight excluding hydrogens is 436 g/mol. The number of phenols is 1. The fourth-order valence-electron chi connectivity index (χ4n) is 3.48. The van der Waals surface area contributed by atoms with Crippen molar-refractivity contribution in [2.45, 2.75) is 33.2 Å². The van der Waals surface area contributed by atoms with Crippen molar-refractivity contribution in [3.63, 3.8) is 0 Å². The van der Waals surface area contributed by atoms with Gasteiger partial charge in [-0.05, 0) is 37.0 Å². The monoisotopic (exact) mass is 460 g/mol. The fourth-order valence-corrected chi connectivity index (χ4v) is 4.72. The maximum Gasteiger partial charge on any atom is 0.348 e. The molecule has 0 fully saturated rings. The van der Waals surface area contributed by atoms with E-state index in [1.54, 1.807) is 31.2 Å². The number of rotatable bonds is 8. The van der Waals surface area contributed by atoms with Crippen LogP contribution >= 0.6 is 11.3 Å². The molecule has 2 heterocycles. The summed E-state index contributed by atoms with van der Waals surface area (Å²) in [4.78, 5) is 50.3. The number of ether oxygens (including phenoxy) is 1. The number of carboxylic acids is 1. The lowest BCUT2D eigenvalue weighted by Gasteiger charge is -2.12. The number of thiophene rings is 1. The predicted octanol–water partition coefficient (Wildman–Crippen LogP) is 2.15. The smallest absolute Gasteiger partial charge is 0.348 e. The molecule has 170 valence electrons. The van der Waals surface area contributed by atoms with E-state index in [2.05, 4.69) is 0 Å². The highest BCUT2D eigenvalue weighted by molar-refractivity contribution is 7.20. The lowest BCUT2D eigenvalue weighted by Crippen LogP contribution is -2.39. The van der Waals surface area contributed by atoms with Gasteiger partial charge in [0.15, 0.2) is 0 Å². The Morgan fingerprint density at radius 2 is 1.88 bits per heavy atom. The summed E-state index contributed by atoms with van der Waals surface area (Å²) >= 11 is 0.948. The van der Waals surface area contributed by atoms with E-state index in [0.717, 1.165) is 15.9 Å². The summed E-state index contributed by atoms with van der Waals surface area (Å²) in [5.74, 6) is -2.48. The van der Waals surface area contributed by atoms with Crippen molar-refractivity contribution in [2.24, 2.45) is 13.0 Å². The van der Waals surface area contributed by atoms with Crippen LogP contribution in [-0.2, 0) is 36.0 Å². The summed E-state index contributed by atoms with van der Waals surface area (Å²) in [6.07, 6.45) is 0.590. The van der Waals surface area contributed by atoms with Crippen LogP contribution in [0.25, 0.3) is 10.2 Å². The van der Waals surface area contributed by atoms with Gasteiger partial charge in [-0.1, -0.05) is 25.1 Å². The van der Waals surface area contributed by atoms with Crippen LogP contribution in [0.1, 0.15) is 34.6 Å². The maximum atomic E-state index is 13.1. The number of esters is 1. The number of para-hydroxylation sites is 1. The quantitative estimate of drug-likeness (QED) is 0.493. The van der Waals surface area contributed by atoms with Crippen molar-refractivity contribution in [3.05, 3.63) is 61.1 Å². The Kier molecular flexibility index (Phi) is 6.83. The number of carbonyl (C=O) groups is 2. The zero-order chi connectivity index (χ0) is 23.6. The SMILES string of the molecule is CCOC(=O)c1sc2c(c1CCc1ccccc1O)c(=O)n(C)c(=O)n2CC(C)C(=O)O. The van der Waals surface area contributed by atoms with Crippen molar-refractivity contribution in [1.29, 1.82) is 0 Å². The normalized spacial score (nSPS) is 12.1. The second kappa shape index (κ2) is 9.39. The second-order valence-corrected chi connectivity index (χ2v) is 8.43. The van der Waals surface area contributed by atoms with Crippen molar-refractivity contribution in [2.75, 3.05) is 6.61 Å². The summed E-state index contributed by atoms with van der Waals surface area (Å²) in [6.45, 7) is 3.11. The summed E-state index contributed by atoms with van der Waals surface area (Å²) in [7, 11) is 1.32. The highest BCUT2D eigenvalue weighted by Crippen LogP contribution is 2.31. The fraction of sp³-hybridized carbons (Fsp3) is 0.364. The zero-order valence-electron chi connectivity index (χ0n) is 18.0. The molecule has 9 nitrogen and oxygen atoms in total. The molecule has 3 aromatic rings. The molecule has 2 N–H and O–H groups in total. The van der Waals surface area contributed by atoms with E-state index in [1.807, 2.05) is 0 Å². The molecule has 1 aromatic carbocycles. The molecule has 10 heteroatoms. The molecule has 0 saturated carbocycles. The van der Waals surface area contributed by atoms with Crippen molar-refractivity contribution < 1.29 is 24.5 Å². The topological polar surface area (TPSA) is 128 Å². The molecule has 0 saturated heterocycles. The Balaban J connectivity index is 2.24. The number of phenolic OH excluding ortho intramolecular Hbond substituents is 1. The van der Waals surface area contributed by atoms with E-state index in [1.165, 1.54) is 18.5 Å². The summed E-state index contributed by atoms with van der Waals surface area (Å²) in [5.41, 5.74) is -0.154. The first-order valence-corrected chi connectivity index (χ1v) is 10.9. The van der Waals surface area contributed by atoms with Gasteiger partial charge in [0.05, 0.1) is 17.9 Å². The molecular formula is C22H24N2O7S. The van der Waals surface area contributed by atoms with E-state index < -0.39 is 29.1 Å². The number of aryl methyl sites for hydroxylation is 2. The number of aromatic nitrogens is 2. The maximum absolute atomic E-state index is 13.1. The van der Waals surface area contributed by atoms with Gasteiger partial charge in [-0.15, -0.1) is 11.3 Å². The standard InChI is InChI=1S/C22H24N2O7S/c1-4-31-21(29)17-14(10-9-13-7-5-6-8-15(13)25)16-18(26)23(3)22(30)24(19(16)32-17)11-12(2)20(27)28/h5-8,12,25H,4,9-11H2,1-3H3,(H,27,28). The van der Waals surface area contributed by atoms with E-state index in [4.69, 9.17) is 4.74 Å². The minimum Gasteiger partial charge on any atom is -0.508 e. The molecule has 0 bridgehead atoms. The molecule has 0 aliphatic carbocycles. The Hall–Kier alpha value is -3.40. The van der Waals surface area contributed by atoms with E-state index in [9.17, 15) is 29.4 Å². The van der Waals surface area contributed by atoms with Gasteiger partial charge in [0, 0.05) is 13.6 Å². The highest BCUT2D eigenvalue weighted by Gasteiger charge is 2.26. The first-order valence-electron chi connectivity index (χ1n) is 10.1. The molecule has 3 rings (SSSR count). The summed E-state index contributed by atoms with van der Waals surface area (Å²) < 4.78 is 7.31.